The van der Waals surface area contributed by atoms with Crippen LogP contribution >= 0.6 is 45.9 Å². The lowest BCUT2D eigenvalue weighted by Crippen LogP contribution is -2.22. The molecule has 0 saturated carbocycles. The Morgan fingerprint density at radius 2 is 0.974 bits per heavy atom. The molecule has 180 valence electrons. The third kappa shape index (κ3) is 2.80. The number of hydrogen-bond donors (Lipinski definition) is 0. The lowest BCUT2D eigenvalue weighted by Gasteiger charge is -2.21. The van der Waals surface area contributed by atoms with Crippen molar-refractivity contribution in [3.05, 3.63) is 93.6 Å². The van der Waals surface area contributed by atoms with Crippen LogP contribution in [0.1, 0.15) is 0 Å². The van der Waals surface area contributed by atoms with Crippen molar-refractivity contribution in [3.8, 4) is 23.0 Å². The van der Waals surface area contributed by atoms with E-state index < -0.39 is 0 Å². The molecule has 4 nitrogen and oxygen atoms in total. The van der Waals surface area contributed by atoms with Crippen LogP contribution in [0.15, 0.2) is 82.8 Å². The van der Waals surface area contributed by atoms with Crippen LogP contribution in [0, 0.1) is 0 Å². The van der Waals surface area contributed by atoms with Crippen LogP contribution in [-0.2, 0) is 0 Å². The summed E-state index contributed by atoms with van der Waals surface area (Å²) < 4.78 is 17.4. The van der Waals surface area contributed by atoms with Crippen molar-refractivity contribution in [2.24, 2.45) is 9.98 Å². The summed E-state index contributed by atoms with van der Waals surface area (Å²) in [4.78, 5) is 9.78. The highest BCUT2D eigenvalue weighted by Crippen LogP contribution is 2.47. The topological polar surface area (TPSA) is 43.2 Å². The second kappa shape index (κ2) is 7.46. The Labute approximate surface area is 232 Å². The molecule has 2 aliphatic heterocycles. The van der Waals surface area contributed by atoms with Crippen LogP contribution < -0.4 is 20.2 Å². The summed E-state index contributed by atoms with van der Waals surface area (Å²) in [7, 11) is 0. The van der Waals surface area contributed by atoms with Crippen LogP contribution in [0.3, 0.4) is 0 Å². The lowest BCUT2D eigenvalue weighted by atomic mass is 10.1. The molecule has 0 radical (unpaired) electrons. The zero-order chi connectivity index (χ0) is 25.1. The summed E-state index contributed by atoms with van der Waals surface area (Å²) in [6.45, 7) is 0. The second-order valence-corrected chi connectivity index (χ2v) is 12.2. The predicted octanol–water partition coefficient (Wildman–Crippen LogP) is 9.84. The third-order valence-electron chi connectivity index (χ3n) is 7.05. The first-order valence-electron chi connectivity index (χ1n) is 11.9. The molecule has 7 aromatic rings. The zero-order valence-corrected chi connectivity index (χ0v) is 22.4. The summed E-state index contributed by atoms with van der Waals surface area (Å²) in [6, 6.07) is 24.8. The number of nitrogens with zero attached hydrogens (tertiary/aromatic N) is 2. The van der Waals surface area contributed by atoms with Gasteiger partial charge >= 0.3 is 0 Å². The van der Waals surface area contributed by atoms with Gasteiger partial charge < -0.3 is 9.47 Å². The second-order valence-electron chi connectivity index (χ2n) is 9.24. The Balaban J connectivity index is 1.28. The Kier molecular flexibility index (Phi) is 4.17. The Morgan fingerprint density at radius 3 is 1.45 bits per heavy atom. The van der Waals surface area contributed by atoms with E-state index in [-0.39, 0.29) is 0 Å². The standard InChI is InChI=1S/C30H12Cl2N2O2S2/c31-25-27-29(35-19-11-23-15(9-17(19)33-27)13-5-1-3-7-21(13)37-23)26(32)28-30(25)36-20-12-24-16(10-18(20)34-28)14-6-2-4-8-22(14)38-24/h1-12H. The molecule has 38 heavy (non-hydrogen) atoms. The number of thiophene rings is 2. The number of ether oxygens (including phenoxy) is 2. The smallest absolute Gasteiger partial charge is 0.175 e. The quantitative estimate of drug-likeness (QED) is 0.183. The molecular weight excluding hydrogens is 555 g/mol. The molecule has 0 saturated heterocycles. The molecule has 5 aromatic carbocycles. The average molecular weight is 567 g/mol. The van der Waals surface area contributed by atoms with Gasteiger partial charge in [0.15, 0.2) is 23.0 Å². The maximum atomic E-state index is 6.91. The number of rotatable bonds is 0. The Hall–Kier alpha value is -3.68. The Morgan fingerprint density at radius 1 is 0.526 bits per heavy atom. The molecule has 0 amide bonds. The van der Waals surface area contributed by atoms with Gasteiger partial charge in [0.25, 0.3) is 0 Å². The minimum Gasteiger partial charge on any atom is -0.451 e. The summed E-state index contributed by atoms with van der Waals surface area (Å²) >= 11 is 17.3. The fraction of sp³-hybridized carbons (Fsp3) is 0. The largest absolute Gasteiger partial charge is 0.451 e. The van der Waals surface area contributed by atoms with E-state index >= 15 is 0 Å². The number of fused-ring (bicyclic) bond motifs is 10. The fourth-order valence-electron chi connectivity index (χ4n) is 5.29. The van der Waals surface area contributed by atoms with Gasteiger partial charge in [0.05, 0.1) is 0 Å². The van der Waals surface area contributed by atoms with E-state index in [0.29, 0.717) is 55.1 Å². The molecular formula is C30H12Cl2N2O2S2. The van der Waals surface area contributed by atoms with Crippen molar-refractivity contribution in [1.82, 2.24) is 0 Å². The van der Waals surface area contributed by atoms with E-state index in [2.05, 4.69) is 36.4 Å². The lowest BCUT2D eigenvalue weighted by molar-refractivity contribution is 0.452. The van der Waals surface area contributed by atoms with Crippen LogP contribution in [-0.4, -0.2) is 0 Å². The molecule has 0 atom stereocenters. The number of hydrogen-bond acceptors (Lipinski definition) is 6. The molecule has 9 rings (SSSR count). The highest BCUT2D eigenvalue weighted by atomic mass is 35.5. The molecule has 0 unspecified atom stereocenters. The summed E-state index contributed by atoms with van der Waals surface area (Å²) in [5.41, 5.74) is 1.40. The summed E-state index contributed by atoms with van der Waals surface area (Å²) in [5, 5.41) is 6.19. The predicted molar refractivity (Wildman–Crippen MR) is 157 cm³/mol. The molecule has 2 aliphatic rings. The van der Waals surface area contributed by atoms with Gasteiger partial charge in [-0.15, -0.1) is 22.7 Å². The van der Waals surface area contributed by atoms with E-state index in [0.717, 1.165) is 20.2 Å². The first-order chi connectivity index (χ1) is 18.6. The highest BCUT2D eigenvalue weighted by molar-refractivity contribution is 7.26. The SMILES string of the molecule is Clc1c2c(c(Cl)c3c1=Nc1cc4c(cc1O3)sc1ccccc14)=Nc1cc3c(cc1O2)sc1ccccc13. The van der Waals surface area contributed by atoms with E-state index in [1.165, 1.54) is 20.2 Å². The van der Waals surface area contributed by atoms with Crippen molar-refractivity contribution >= 4 is 97.6 Å². The van der Waals surface area contributed by atoms with E-state index in [4.69, 9.17) is 42.7 Å². The van der Waals surface area contributed by atoms with Crippen molar-refractivity contribution in [1.29, 1.82) is 0 Å². The van der Waals surface area contributed by atoms with Crippen molar-refractivity contribution in [2.45, 2.75) is 0 Å². The van der Waals surface area contributed by atoms with Crippen molar-refractivity contribution < 1.29 is 9.47 Å². The van der Waals surface area contributed by atoms with Gasteiger partial charge in [-0.05, 0) is 24.3 Å². The highest BCUT2D eigenvalue weighted by Gasteiger charge is 2.28. The maximum absolute atomic E-state index is 6.91. The molecule has 0 N–H and O–H groups in total. The van der Waals surface area contributed by atoms with Gasteiger partial charge in [0.1, 0.15) is 32.1 Å². The van der Waals surface area contributed by atoms with Crippen LogP contribution in [0.25, 0.3) is 40.3 Å². The van der Waals surface area contributed by atoms with Crippen LogP contribution in [0.4, 0.5) is 11.4 Å². The Bertz CT molecular complexity index is 2170. The van der Waals surface area contributed by atoms with Crippen LogP contribution in [0.5, 0.6) is 23.0 Å². The fourth-order valence-corrected chi connectivity index (χ4v) is 8.03. The van der Waals surface area contributed by atoms with Gasteiger partial charge in [0, 0.05) is 52.5 Å². The normalized spacial score (nSPS) is 13.3. The third-order valence-corrected chi connectivity index (χ3v) is 10.0. The summed E-state index contributed by atoms with van der Waals surface area (Å²) in [6.07, 6.45) is 0. The molecule has 2 aromatic heterocycles. The van der Waals surface area contributed by atoms with Gasteiger partial charge in [-0.1, -0.05) is 59.6 Å². The van der Waals surface area contributed by atoms with Crippen molar-refractivity contribution in [3.63, 3.8) is 0 Å². The molecule has 0 aliphatic carbocycles. The van der Waals surface area contributed by atoms with Crippen molar-refractivity contribution in [2.75, 3.05) is 0 Å². The molecule has 0 bridgehead atoms. The number of halogens is 2. The van der Waals surface area contributed by atoms with Crippen LogP contribution in [0.2, 0.25) is 10.0 Å². The monoisotopic (exact) mass is 566 g/mol. The van der Waals surface area contributed by atoms with E-state index in [9.17, 15) is 0 Å². The van der Waals surface area contributed by atoms with Gasteiger partial charge in [0.2, 0.25) is 0 Å². The van der Waals surface area contributed by atoms with E-state index in [1.807, 2.05) is 36.4 Å². The molecule has 8 heteroatoms. The van der Waals surface area contributed by atoms with Gasteiger partial charge in [-0.25, -0.2) is 9.98 Å². The minimum absolute atomic E-state index is 0.325. The van der Waals surface area contributed by atoms with Gasteiger partial charge in [-0.2, -0.15) is 0 Å². The maximum Gasteiger partial charge on any atom is 0.175 e. The molecule has 0 spiro atoms. The molecule has 4 heterocycles. The zero-order valence-electron chi connectivity index (χ0n) is 19.2. The number of benzene rings is 5. The first kappa shape index (κ1) is 21.3. The van der Waals surface area contributed by atoms with E-state index in [1.54, 1.807) is 22.7 Å². The van der Waals surface area contributed by atoms with Gasteiger partial charge in [-0.3, -0.25) is 0 Å². The first-order valence-corrected chi connectivity index (χ1v) is 14.3. The average Bonchev–Trinajstić information content (AvgIpc) is 3.49. The minimum atomic E-state index is 0.325. The molecule has 0 fully saturated rings. The summed E-state index contributed by atoms with van der Waals surface area (Å²) in [5.74, 6) is 2.05.